The molecule has 2 unspecified atom stereocenters. The van der Waals surface area contributed by atoms with Crippen LogP contribution in [0.1, 0.15) is 51.2 Å². The normalized spacial score (nSPS) is 15.0. The lowest BCUT2D eigenvalue weighted by molar-refractivity contribution is 0.331. The molecule has 4 nitrogen and oxygen atoms in total. The summed E-state index contributed by atoms with van der Waals surface area (Å²) in [7, 11) is 0. The van der Waals surface area contributed by atoms with E-state index in [0.717, 1.165) is 23.8 Å². The standard InChI is InChI=1S/C11H21N3OS/c1-4-6-16-7-10-13-11(15-14-10)9(5-2)8(3)12/h8-9H,4-7,12H2,1-3H3. The Hall–Kier alpha value is -0.550. The minimum atomic E-state index is 0.0570. The molecule has 0 fully saturated rings. The molecule has 0 spiro atoms. The zero-order valence-corrected chi connectivity index (χ0v) is 11.1. The van der Waals surface area contributed by atoms with Gasteiger partial charge in [0.2, 0.25) is 5.89 Å². The van der Waals surface area contributed by atoms with Crippen LogP contribution in [0.3, 0.4) is 0 Å². The zero-order chi connectivity index (χ0) is 12.0. The van der Waals surface area contributed by atoms with Crippen molar-refractivity contribution in [1.82, 2.24) is 10.1 Å². The van der Waals surface area contributed by atoms with Gasteiger partial charge in [0.25, 0.3) is 0 Å². The molecular weight excluding hydrogens is 222 g/mol. The van der Waals surface area contributed by atoms with Gasteiger partial charge in [0, 0.05) is 6.04 Å². The van der Waals surface area contributed by atoms with Gasteiger partial charge in [-0.25, -0.2) is 0 Å². The van der Waals surface area contributed by atoms with Crippen molar-refractivity contribution in [3.05, 3.63) is 11.7 Å². The smallest absolute Gasteiger partial charge is 0.231 e. The summed E-state index contributed by atoms with van der Waals surface area (Å²) in [4.78, 5) is 4.40. The molecule has 0 amide bonds. The van der Waals surface area contributed by atoms with Crippen LogP contribution in [0, 0.1) is 0 Å². The number of rotatable bonds is 7. The maximum atomic E-state index is 5.88. The Morgan fingerprint density at radius 1 is 1.44 bits per heavy atom. The lowest BCUT2D eigenvalue weighted by atomic mass is 9.99. The van der Waals surface area contributed by atoms with Gasteiger partial charge in [-0.05, 0) is 25.5 Å². The quantitative estimate of drug-likeness (QED) is 0.746. The van der Waals surface area contributed by atoms with Crippen LogP contribution in [0.4, 0.5) is 0 Å². The lowest BCUT2D eigenvalue weighted by Crippen LogP contribution is -2.24. The molecule has 92 valence electrons. The Morgan fingerprint density at radius 3 is 2.75 bits per heavy atom. The molecule has 16 heavy (non-hydrogen) atoms. The molecule has 0 saturated carbocycles. The van der Waals surface area contributed by atoms with E-state index < -0.39 is 0 Å². The topological polar surface area (TPSA) is 64.9 Å². The summed E-state index contributed by atoms with van der Waals surface area (Å²) >= 11 is 1.83. The number of hydrogen-bond donors (Lipinski definition) is 1. The first kappa shape index (κ1) is 13.5. The van der Waals surface area contributed by atoms with E-state index in [1.165, 1.54) is 6.42 Å². The van der Waals surface area contributed by atoms with Gasteiger partial charge < -0.3 is 10.3 Å². The highest BCUT2D eigenvalue weighted by Crippen LogP contribution is 2.21. The number of nitrogens with two attached hydrogens (primary N) is 1. The summed E-state index contributed by atoms with van der Waals surface area (Å²) in [5.41, 5.74) is 5.88. The van der Waals surface area contributed by atoms with Gasteiger partial charge in [0.1, 0.15) is 0 Å². The van der Waals surface area contributed by atoms with Crippen molar-refractivity contribution in [1.29, 1.82) is 0 Å². The first-order valence-corrected chi connectivity index (χ1v) is 7.00. The molecule has 0 radical (unpaired) electrons. The summed E-state index contributed by atoms with van der Waals surface area (Å²) < 4.78 is 5.26. The molecule has 1 aromatic heterocycles. The van der Waals surface area contributed by atoms with Gasteiger partial charge in [0.05, 0.1) is 11.7 Å². The predicted octanol–water partition coefficient (Wildman–Crippen LogP) is 2.55. The van der Waals surface area contributed by atoms with E-state index in [1.807, 2.05) is 18.7 Å². The third kappa shape index (κ3) is 3.79. The largest absolute Gasteiger partial charge is 0.339 e. The van der Waals surface area contributed by atoms with E-state index in [9.17, 15) is 0 Å². The number of hydrogen-bond acceptors (Lipinski definition) is 5. The molecule has 1 aromatic rings. The number of nitrogens with zero attached hydrogens (tertiary/aromatic N) is 2. The molecule has 0 saturated heterocycles. The van der Waals surface area contributed by atoms with E-state index in [0.29, 0.717) is 5.89 Å². The minimum absolute atomic E-state index is 0.0570. The second kappa shape index (κ2) is 6.91. The molecule has 0 aromatic carbocycles. The third-order valence-electron chi connectivity index (χ3n) is 2.46. The Labute approximate surface area is 101 Å². The Bertz CT molecular complexity index is 301. The fourth-order valence-electron chi connectivity index (χ4n) is 1.56. The highest BCUT2D eigenvalue weighted by Gasteiger charge is 2.20. The Kier molecular flexibility index (Phi) is 5.84. The van der Waals surface area contributed by atoms with E-state index in [2.05, 4.69) is 24.0 Å². The average molecular weight is 243 g/mol. The first-order valence-electron chi connectivity index (χ1n) is 5.84. The fraction of sp³-hybridized carbons (Fsp3) is 0.818. The monoisotopic (exact) mass is 243 g/mol. The number of aromatic nitrogens is 2. The summed E-state index contributed by atoms with van der Waals surface area (Å²) in [5, 5.41) is 3.98. The first-order chi connectivity index (χ1) is 7.69. The molecule has 0 aliphatic carbocycles. The molecule has 0 aliphatic heterocycles. The van der Waals surface area contributed by atoms with Gasteiger partial charge >= 0.3 is 0 Å². The maximum absolute atomic E-state index is 5.88. The number of thioether (sulfide) groups is 1. The average Bonchev–Trinajstić information content (AvgIpc) is 2.67. The molecule has 0 bridgehead atoms. The van der Waals surface area contributed by atoms with Crippen LogP contribution in [0.15, 0.2) is 4.52 Å². The highest BCUT2D eigenvalue weighted by molar-refractivity contribution is 7.98. The summed E-state index contributed by atoms with van der Waals surface area (Å²) in [6.07, 6.45) is 2.11. The molecule has 5 heteroatoms. The van der Waals surface area contributed by atoms with Crippen molar-refractivity contribution in [2.45, 2.75) is 51.3 Å². The van der Waals surface area contributed by atoms with E-state index in [1.54, 1.807) is 0 Å². The summed E-state index contributed by atoms with van der Waals surface area (Å²) in [5.74, 6) is 3.61. The van der Waals surface area contributed by atoms with Gasteiger partial charge in [-0.2, -0.15) is 16.7 Å². The fourth-order valence-corrected chi connectivity index (χ4v) is 2.29. The molecule has 2 N–H and O–H groups in total. The molecule has 1 rings (SSSR count). The predicted molar refractivity (Wildman–Crippen MR) is 67.4 cm³/mol. The van der Waals surface area contributed by atoms with E-state index in [4.69, 9.17) is 10.3 Å². The van der Waals surface area contributed by atoms with Gasteiger partial charge in [0.15, 0.2) is 5.82 Å². The van der Waals surface area contributed by atoms with Crippen LogP contribution < -0.4 is 5.73 Å². The second-order valence-electron chi connectivity index (χ2n) is 3.98. The van der Waals surface area contributed by atoms with Crippen molar-refractivity contribution >= 4 is 11.8 Å². The van der Waals surface area contributed by atoms with Crippen molar-refractivity contribution in [3.8, 4) is 0 Å². The lowest BCUT2D eigenvalue weighted by Gasteiger charge is -2.13. The van der Waals surface area contributed by atoms with E-state index >= 15 is 0 Å². The Morgan fingerprint density at radius 2 is 2.19 bits per heavy atom. The van der Waals surface area contributed by atoms with Gasteiger partial charge in [-0.3, -0.25) is 0 Å². The van der Waals surface area contributed by atoms with Crippen LogP contribution in [0.2, 0.25) is 0 Å². The van der Waals surface area contributed by atoms with Crippen LogP contribution in [0.25, 0.3) is 0 Å². The van der Waals surface area contributed by atoms with Crippen molar-refractivity contribution in [3.63, 3.8) is 0 Å². The summed E-state index contributed by atoms with van der Waals surface area (Å²) in [6.45, 7) is 6.23. The maximum Gasteiger partial charge on any atom is 0.231 e. The van der Waals surface area contributed by atoms with E-state index in [-0.39, 0.29) is 12.0 Å². The zero-order valence-electron chi connectivity index (χ0n) is 10.3. The highest BCUT2D eigenvalue weighted by atomic mass is 32.2. The van der Waals surface area contributed by atoms with Gasteiger partial charge in [-0.15, -0.1) is 0 Å². The van der Waals surface area contributed by atoms with Crippen LogP contribution >= 0.6 is 11.8 Å². The SMILES string of the molecule is CCCSCc1noc(C(CC)C(C)N)n1. The molecular formula is C11H21N3OS. The molecule has 0 aliphatic rings. The Balaban J connectivity index is 2.55. The van der Waals surface area contributed by atoms with Crippen molar-refractivity contribution in [2.24, 2.45) is 5.73 Å². The second-order valence-corrected chi connectivity index (χ2v) is 5.08. The van der Waals surface area contributed by atoms with Crippen LogP contribution in [0.5, 0.6) is 0 Å². The van der Waals surface area contributed by atoms with Crippen molar-refractivity contribution < 1.29 is 4.52 Å². The summed E-state index contributed by atoms with van der Waals surface area (Å²) in [6, 6.07) is 0.0570. The van der Waals surface area contributed by atoms with Crippen LogP contribution in [-0.2, 0) is 5.75 Å². The van der Waals surface area contributed by atoms with Gasteiger partial charge in [-0.1, -0.05) is 19.0 Å². The van der Waals surface area contributed by atoms with Crippen LogP contribution in [-0.4, -0.2) is 21.9 Å². The molecule has 2 atom stereocenters. The van der Waals surface area contributed by atoms with Crippen molar-refractivity contribution in [2.75, 3.05) is 5.75 Å². The molecule has 1 heterocycles. The minimum Gasteiger partial charge on any atom is -0.339 e. The third-order valence-corrected chi connectivity index (χ3v) is 3.61.